The molecule has 2 aromatic rings. The Bertz CT molecular complexity index is 728. The molecule has 1 aliphatic heterocycles. The predicted octanol–water partition coefficient (Wildman–Crippen LogP) is 3.35. The lowest BCUT2D eigenvalue weighted by atomic mass is 10.0. The lowest BCUT2D eigenvalue weighted by Gasteiger charge is -2.14. The smallest absolute Gasteiger partial charge is 0.175 e. The zero-order valence-corrected chi connectivity index (χ0v) is 13.6. The summed E-state index contributed by atoms with van der Waals surface area (Å²) in [5.41, 5.74) is 3.49. The van der Waals surface area contributed by atoms with Crippen LogP contribution in [0.2, 0.25) is 0 Å². The fourth-order valence-corrected chi connectivity index (χ4v) is 3.53. The first-order valence-electron chi connectivity index (χ1n) is 7.64. The molecule has 1 fully saturated rings. The van der Waals surface area contributed by atoms with Crippen molar-refractivity contribution >= 4 is 9.84 Å². The summed E-state index contributed by atoms with van der Waals surface area (Å²) < 4.78 is 23.0. The molecule has 1 saturated heterocycles. The number of hydrogen-bond donors (Lipinski definition) is 0. The Hall–Kier alpha value is -1.65. The summed E-state index contributed by atoms with van der Waals surface area (Å²) in [7, 11) is -3.13. The van der Waals surface area contributed by atoms with Gasteiger partial charge in [-0.1, -0.05) is 36.4 Å². The highest BCUT2D eigenvalue weighted by Gasteiger charge is 2.11. The summed E-state index contributed by atoms with van der Waals surface area (Å²) in [6.07, 6.45) is 3.85. The molecule has 0 N–H and O–H groups in total. The molecule has 2 aromatic carbocycles. The number of sulfone groups is 1. The molecule has 0 atom stereocenters. The van der Waals surface area contributed by atoms with Crippen LogP contribution in [-0.2, 0) is 16.4 Å². The number of likely N-dealkylation sites (tertiary alicyclic amines) is 1. The van der Waals surface area contributed by atoms with Gasteiger partial charge in [-0.05, 0) is 54.8 Å². The Morgan fingerprint density at radius 2 is 1.36 bits per heavy atom. The van der Waals surface area contributed by atoms with E-state index < -0.39 is 9.84 Å². The van der Waals surface area contributed by atoms with E-state index in [1.165, 1.54) is 37.8 Å². The average molecular weight is 315 g/mol. The lowest BCUT2D eigenvalue weighted by molar-refractivity contribution is 0.331. The number of nitrogens with zero attached hydrogens (tertiary/aromatic N) is 1. The molecule has 0 bridgehead atoms. The maximum absolute atomic E-state index is 11.5. The van der Waals surface area contributed by atoms with Crippen molar-refractivity contribution in [3.8, 4) is 11.1 Å². The molecule has 0 amide bonds. The number of rotatable bonds is 4. The van der Waals surface area contributed by atoms with Crippen molar-refractivity contribution in [1.82, 2.24) is 4.90 Å². The SMILES string of the molecule is CS(=O)(=O)c1ccc(-c2ccc(CN3CCCC3)cc2)cc1. The van der Waals surface area contributed by atoms with Crippen LogP contribution in [0.15, 0.2) is 53.4 Å². The Kier molecular flexibility index (Phi) is 4.32. The zero-order valence-electron chi connectivity index (χ0n) is 12.8. The topological polar surface area (TPSA) is 37.4 Å². The van der Waals surface area contributed by atoms with Gasteiger partial charge in [0.15, 0.2) is 9.84 Å². The van der Waals surface area contributed by atoms with Gasteiger partial charge in [-0.2, -0.15) is 0 Å². The van der Waals surface area contributed by atoms with Crippen LogP contribution < -0.4 is 0 Å². The maximum Gasteiger partial charge on any atom is 0.175 e. The lowest BCUT2D eigenvalue weighted by Crippen LogP contribution is -2.18. The van der Waals surface area contributed by atoms with E-state index in [4.69, 9.17) is 0 Å². The predicted molar refractivity (Wildman–Crippen MR) is 89.5 cm³/mol. The number of benzene rings is 2. The van der Waals surface area contributed by atoms with Gasteiger partial charge in [-0.3, -0.25) is 4.90 Å². The van der Waals surface area contributed by atoms with Crippen molar-refractivity contribution in [2.45, 2.75) is 24.3 Å². The normalized spacial score (nSPS) is 16.0. The van der Waals surface area contributed by atoms with Gasteiger partial charge in [-0.25, -0.2) is 8.42 Å². The Morgan fingerprint density at radius 1 is 0.864 bits per heavy atom. The molecule has 0 unspecified atom stereocenters. The van der Waals surface area contributed by atoms with Crippen LogP contribution in [0.25, 0.3) is 11.1 Å². The third-order valence-electron chi connectivity index (χ3n) is 4.17. The van der Waals surface area contributed by atoms with Crippen molar-refractivity contribution in [2.75, 3.05) is 19.3 Å². The van der Waals surface area contributed by atoms with Gasteiger partial charge in [0.25, 0.3) is 0 Å². The summed E-state index contributed by atoms with van der Waals surface area (Å²) in [4.78, 5) is 2.84. The summed E-state index contributed by atoms with van der Waals surface area (Å²) >= 11 is 0. The molecule has 1 heterocycles. The molecule has 0 spiro atoms. The largest absolute Gasteiger partial charge is 0.299 e. The first-order valence-corrected chi connectivity index (χ1v) is 9.53. The fraction of sp³-hybridized carbons (Fsp3) is 0.333. The summed E-state index contributed by atoms with van der Waals surface area (Å²) in [5.74, 6) is 0. The second kappa shape index (κ2) is 6.23. The zero-order chi connectivity index (χ0) is 15.6. The van der Waals surface area contributed by atoms with Gasteiger partial charge in [0.05, 0.1) is 4.90 Å². The van der Waals surface area contributed by atoms with Crippen molar-refractivity contribution in [2.24, 2.45) is 0 Å². The van der Waals surface area contributed by atoms with Crippen LogP contribution in [0.4, 0.5) is 0 Å². The second-order valence-corrected chi connectivity index (χ2v) is 7.99. The molecule has 0 radical (unpaired) electrons. The highest BCUT2D eigenvalue weighted by atomic mass is 32.2. The Morgan fingerprint density at radius 3 is 1.86 bits per heavy atom. The minimum absolute atomic E-state index is 0.363. The highest BCUT2D eigenvalue weighted by Crippen LogP contribution is 2.22. The average Bonchev–Trinajstić information content (AvgIpc) is 3.00. The van der Waals surface area contributed by atoms with Crippen molar-refractivity contribution in [3.05, 3.63) is 54.1 Å². The Balaban J connectivity index is 1.74. The number of hydrogen-bond acceptors (Lipinski definition) is 3. The molecule has 0 aromatic heterocycles. The van der Waals surface area contributed by atoms with E-state index in [1.54, 1.807) is 12.1 Å². The maximum atomic E-state index is 11.5. The summed E-state index contributed by atoms with van der Waals surface area (Å²) in [6, 6.07) is 15.6. The van der Waals surface area contributed by atoms with Crippen LogP contribution in [0.1, 0.15) is 18.4 Å². The van der Waals surface area contributed by atoms with Gasteiger partial charge in [0, 0.05) is 12.8 Å². The highest BCUT2D eigenvalue weighted by molar-refractivity contribution is 7.90. The van der Waals surface area contributed by atoms with E-state index in [9.17, 15) is 8.42 Å². The van der Waals surface area contributed by atoms with Gasteiger partial charge >= 0.3 is 0 Å². The fourth-order valence-electron chi connectivity index (χ4n) is 2.90. The van der Waals surface area contributed by atoms with Crippen molar-refractivity contribution < 1.29 is 8.42 Å². The van der Waals surface area contributed by atoms with Gasteiger partial charge in [0.1, 0.15) is 0 Å². The molecule has 4 heteroatoms. The van der Waals surface area contributed by atoms with E-state index in [-0.39, 0.29) is 0 Å². The van der Waals surface area contributed by atoms with E-state index in [0.717, 1.165) is 17.7 Å². The molecule has 3 nitrogen and oxygen atoms in total. The summed E-state index contributed by atoms with van der Waals surface area (Å²) in [5, 5.41) is 0. The van der Waals surface area contributed by atoms with Crippen LogP contribution >= 0.6 is 0 Å². The van der Waals surface area contributed by atoms with Gasteiger partial charge < -0.3 is 0 Å². The third-order valence-corrected chi connectivity index (χ3v) is 5.30. The van der Waals surface area contributed by atoms with Gasteiger partial charge in [-0.15, -0.1) is 0 Å². The first kappa shape index (κ1) is 15.3. The second-order valence-electron chi connectivity index (χ2n) is 5.98. The summed E-state index contributed by atoms with van der Waals surface area (Å²) in [6.45, 7) is 3.43. The minimum Gasteiger partial charge on any atom is -0.299 e. The molecular formula is C18H21NO2S. The van der Waals surface area contributed by atoms with E-state index in [1.807, 2.05) is 12.1 Å². The molecule has 0 aliphatic carbocycles. The quantitative estimate of drug-likeness (QED) is 0.868. The van der Waals surface area contributed by atoms with E-state index in [0.29, 0.717) is 4.90 Å². The third kappa shape index (κ3) is 3.57. The monoisotopic (exact) mass is 315 g/mol. The van der Waals surface area contributed by atoms with Crippen LogP contribution in [-0.4, -0.2) is 32.7 Å². The molecule has 22 heavy (non-hydrogen) atoms. The van der Waals surface area contributed by atoms with E-state index >= 15 is 0 Å². The molecule has 1 aliphatic rings. The standard InChI is InChI=1S/C18H21NO2S/c1-22(20,21)18-10-8-17(9-11-18)16-6-4-15(5-7-16)14-19-12-2-3-13-19/h4-11H,2-3,12-14H2,1H3. The molecule has 116 valence electrons. The minimum atomic E-state index is -3.13. The van der Waals surface area contributed by atoms with Crippen LogP contribution in [0.5, 0.6) is 0 Å². The van der Waals surface area contributed by atoms with Crippen LogP contribution in [0.3, 0.4) is 0 Å². The molecular weight excluding hydrogens is 294 g/mol. The molecule has 3 rings (SSSR count). The first-order chi connectivity index (χ1) is 10.5. The van der Waals surface area contributed by atoms with Crippen molar-refractivity contribution in [1.29, 1.82) is 0 Å². The van der Waals surface area contributed by atoms with Crippen molar-refractivity contribution in [3.63, 3.8) is 0 Å². The molecule has 0 saturated carbocycles. The van der Waals surface area contributed by atoms with Crippen LogP contribution in [0, 0.1) is 0 Å². The van der Waals surface area contributed by atoms with E-state index in [2.05, 4.69) is 29.2 Å². The van der Waals surface area contributed by atoms with Gasteiger partial charge in [0.2, 0.25) is 0 Å². The Labute approximate surface area is 132 Å².